The summed E-state index contributed by atoms with van der Waals surface area (Å²) in [7, 11) is 1.67. The molecule has 2 spiro atoms. The van der Waals surface area contributed by atoms with Crippen LogP contribution in [0.1, 0.15) is 41.5 Å². The third-order valence-electron chi connectivity index (χ3n) is 27.9. The lowest BCUT2D eigenvalue weighted by molar-refractivity contribution is -0.192. The van der Waals surface area contributed by atoms with Gasteiger partial charge in [0.05, 0.1) is 63.7 Å². The number of carbonyl (C=O) groups excluding carboxylic acids is 2. The van der Waals surface area contributed by atoms with E-state index in [1.807, 2.05) is 0 Å². The van der Waals surface area contributed by atoms with Crippen molar-refractivity contribution in [2.24, 2.45) is 11.1 Å². The summed E-state index contributed by atoms with van der Waals surface area (Å²) in [4.78, 5) is 43.7. The number of aliphatic carboxylic acids is 1. The number of hydrogen-bond donors (Lipinski definition) is 2. The maximum absolute atomic E-state index is 17.4. The van der Waals surface area contributed by atoms with Gasteiger partial charge in [-0.1, -0.05) is 0 Å². The van der Waals surface area contributed by atoms with Gasteiger partial charge in [0.1, 0.15) is 6.61 Å². The zero-order valence-electron chi connectivity index (χ0n) is 48.5. The van der Waals surface area contributed by atoms with Gasteiger partial charge in [-0.2, -0.15) is 13.2 Å². The normalized spacial score (nSPS) is 21.1. The Morgan fingerprint density at radius 3 is 0.710 bits per heavy atom. The van der Waals surface area contributed by atoms with Gasteiger partial charge < -0.3 is 39.3 Å². The number of ether oxygens (including phenoxy) is 6. The quantitative estimate of drug-likeness (QED) is 0.0344. The maximum atomic E-state index is 17.4. The molecule has 0 saturated heterocycles. The second-order valence-corrected chi connectivity index (χ2v) is 29.8. The molecule has 1 fully saturated rings. The monoisotopic (exact) mass is 1210 g/mol. The number of rotatable bonds is 19. The Kier molecular flexibility index (Phi) is 5.54. The number of nitrogens with two attached hydrogens (primary N) is 1. The summed E-state index contributed by atoms with van der Waals surface area (Å²) in [5.41, 5.74) is 6.96. The number of unbranched alkanes of at least 4 members (excludes halogenated alkanes) is 2. The van der Waals surface area contributed by atoms with Gasteiger partial charge in [-0.05, 0) is 339 Å². The molecule has 0 atom stereocenters. The molecule has 0 bridgehead atoms. The van der Waals surface area contributed by atoms with E-state index in [9.17, 15) is 13.2 Å². The summed E-state index contributed by atoms with van der Waals surface area (Å²) in [6.07, 6.45) is -2.74. The zero-order chi connectivity index (χ0) is 59.7. The Morgan fingerprint density at radius 1 is 0.312 bits per heavy atom. The minimum Gasteiger partial charge on any atom is -0.475 e. The summed E-state index contributed by atoms with van der Waals surface area (Å²) >= 11 is 0. The highest BCUT2D eigenvalue weighted by molar-refractivity contribution is 6.82. The van der Waals surface area contributed by atoms with E-state index in [0.29, 0.717) is 52.6 Å². The molecular weight excluding hydrogens is 1180 g/mol. The molecule has 5 aliphatic carbocycles. The largest absolute Gasteiger partial charge is 0.490 e. The van der Waals surface area contributed by atoms with Crippen molar-refractivity contribution in [2.45, 2.75) is 36.3 Å². The SMILES string of the molecule is COCCOCCOCCOCCOC(=O)C1(C(=O)OCCCCCN)C23c4c5c6c7c8c9c(c%10c%11c2c2c4c4c%12c5c5c6c6c8c8c%13c9c9c%10c%10c%11c%11c2c2c4c4c%12c%12c5c5c6c8c6c8c%13c9c9c%10c%10c%11c2c2c4c4c%12c5c6c5c8c9c%10c2c45)C713.O=C(O)C(F)(F)F. The molecule has 28 aromatic carbocycles. The van der Waals surface area contributed by atoms with Gasteiger partial charge in [0, 0.05) is 7.11 Å². The number of alkyl halides is 3. The van der Waals surface area contributed by atoms with E-state index in [1.54, 1.807) is 61.0 Å². The lowest BCUT2D eigenvalue weighted by Gasteiger charge is -2.32. The van der Waals surface area contributed by atoms with Crippen LogP contribution in [0.5, 0.6) is 0 Å². The van der Waals surface area contributed by atoms with E-state index >= 15 is 9.59 Å². The highest BCUT2D eigenvalue weighted by Gasteiger charge is 3.01. The molecular formula is C79H32F3NO10. The molecule has 28 aromatic rings. The van der Waals surface area contributed by atoms with Gasteiger partial charge in [0.15, 0.2) is 5.41 Å². The smallest absolute Gasteiger partial charge is 0.475 e. The fraction of sp³-hybridized carbons (Fsp3) is 0.228. The molecule has 0 aromatic heterocycles. The van der Waals surface area contributed by atoms with Crippen LogP contribution in [0.3, 0.4) is 0 Å². The number of carboxylic acid groups (broad SMARTS) is 1. The minimum atomic E-state index is -5.08. The van der Waals surface area contributed by atoms with E-state index in [0.717, 1.165) is 12.8 Å². The van der Waals surface area contributed by atoms with Crippen molar-refractivity contribution in [1.82, 2.24) is 0 Å². The fourth-order valence-electron chi connectivity index (χ4n) is 26.9. The molecule has 0 aliphatic heterocycles. The molecule has 33 rings (SSSR count). The highest BCUT2D eigenvalue weighted by atomic mass is 19.4. The first kappa shape index (κ1) is 44.1. The second kappa shape index (κ2) is 11.7. The van der Waals surface area contributed by atoms with Crippen LogP contribution in [0.4, 0.5) is 13.2 Å². The van der Waals surface area contributed by atoms with Crippen molar-refractivity contribution in [1.29, 1.82) is 0 Å². The number of carboxylic acids is 1. The molecule has 0 amide bonds. The van der Waals surface area contributed by atoms with Gasteiger partial charge in [-0.3, -0.25) is 9.59 Å². The van der Waals surface area contributed by atoms with E-state index in [4.69, 9.17) is 44.1 Å². The Morgan fingerprint density at radius 2 is 0.505 bits per heavy atom. The third-order valence-corrected chi connectivity index (χ3v) is 27.9. The summed E-state index contributed by atoms with van der Waals surface area (Å²) in [6.45, 7) is 3.64. The van der Waals surface area contributed by atoms with Gasteiger partial charge in [0.2, 0.25) is 0 Å². The Bertz CT molecular complexity index is 7330. The van der Waals surface area contributed by atoms with Gasteiger partial charge in [0.25, 0.3) is 0 Å². The molecule has 5 aliphatic rings. The first-order valence-electron chi connectivity index (χ1n) is 33.0. The first-order valence-corrected chi connectivity index (χ1v) is 33.0. The summed E-state index contributed by atoms with van der Waals surface area (Å²) in [6, 6.07) is 0. The molecule has 14 heteroatoms. The minimum absolute atomic E-state index is 0.00438. The van der Waals surface area contributed by atoms with Gasteiger partial charge >= 0.3 is 24.1 Å². The van der Waals surface area contributed by atoms with E-state index in [2.05, 4.69) is 0 Å². The van der Waals surface area contributed by atoms with Gasteiger partial charge in [-0.25, -0.2) is 4.79 Å². The summed E-state index contributed by atoms with van der Waals surface area (Å²) in [5.74, 6) is -3.65. The van der Waals surface area contributed by atoms with Crippen LogP contribution < -0.4 is 5.73 Å². The molecule has 93 heavy (non-hydrogen) atoms. The molecule has 3 N–H and O–H groups in total. The number of carbonyl (C=O) groups is 3. The van der Waals surface area contributed by atoms with Crippen LogP contribution in [0.25, 0.3) is 291 Å². The Labute approximate surface area is 510 Å². The molecule has 1 saturated carbocycles. The van der Waals surface area contributed by atoms with Crippen LogP contribution in [0.15, 0.2) is 0 Å². The topological polar surface area (TPSA) is 153 Å². The average molecular weight is 1210 g/mol. The third kappa shape index (κ3) is 3.05. The maximum Gasteiger partial charge on any atom is 0.490 e. The van der Waals surface area contributed by atoms with Crippen LogP contribution in [0, 0.1) is 5.41 Å². The van der Waals surface area contributed by atoms with Gasteiger partial charge in [-0.15, -0.1) is 0 Å². The summed E-state index contributed by atoms with van der Waals surface area (Å²) in [5, 5.41) is 85.9. The number of halogens is 3. The van der Waals surface area contributed by atoms with Crippen molar-refractivity contribution in [3.63, 3.8) is 0 Å². The fourth-order valence-corrected chi connectivity index (χ4v) is 26.9. The van der Waals surface area contributed by atoms with Crippen molar-refractivity contribution < 1.29 is 61.1 Å². The van der Waals surface area contributed by atoms with Crippen molar-refractivity contribution in [2.75, 3.05) is 73.1 Å². The van der Waals surface area contributed by atoms with Crippen LogP contribution in [-0.2, 0) is 53.6 Å². The number of hydrogen-bond acceptors (Lipinski definition) is 10. The molecule has 11 nitrogen and oxygen atoms in total. The molecule has 0 heterocycles. The van der Waals surface area contributed by atoms with Crippen LogP contribution in [0.2, 0.25) is 0 Å². The lowest BCUT2D eigenvalue weighted by atomic mass is 9.68. The van der Waals surface area contributed by atoms with Crippen molar-refractivity contribution in [3.05, 3.63) is 22.3 Å². The first-order chi connectivity index (χ1) is 45.6. The predicted molar refractivity (Wildman–Crippen MR) is 359 cm³/mol. The number of methoxy groups -OCH3 is 1. The lowest BCUT2D eigenvalue weighted by Crippen LogP contribution is -2.39. The zero-order valence-corrected chi connectivity index (χ0v) is 48.5. The van der Waals surface area contributed by atoms with E-state index in [-0.39, 0.29) is 19.8 Å². The van der Waals surface area contributed by atoms with Crippen molar-refractivity contribution in [3.8, 4) is 0 Å². The Hall–Kier alpha value is -9.54. The molecule has 434 valence electrons. The highest BCUT2D eigenvalue weighted by Crippen LogP contribution is 2.96. The van der Waals surface area contributed by atoms with Crippen LogP contribution >= 0.6 is 0 Å². The van der Waals surface area contributed by atoms with Crippen molar-refractivity contribution >= 4 is 309 Å². The summed E-state index contributed by atoms with van der Waals surface area (Å²) < 4.78 is 68.7. The van der Waals surface area contributed by atoms with E-state index < -0.39 is 40.3 Å². The standard InChI is InChI=1S/C77H31NO8.C2HF3O2/c1-81-7-8-82-9-10-83-11-12-84-13-14-86-74(80)77(73(79)85-6-4-2-3-5-78)75-69-61-53-43-33-25-17-15-16-19-23-21(17)29-37-31(23)41-35-27(19)28-20(16)24-22-18(15)26(25)34-40-30(22)38-32(24)42-36(28)46-45(35)55-49(41)59-51(37)57(47(53)39(29)33)65(69)67(59)71-63(55)64-56(46)50(42)60-52(38)58-48(40)54(44(34)43)62(61)70(75)66(58)68(60)72(64)76(71,75)77;3-2(4,5)1(6)7/h2-14,78H2,1H3;(H,6,7). The second-order valence-electron chi connectivity index (χ2n) is 29.8. The average Bonchev–Trinajstić information content (AvgIpc) is 1.36. The number of benzene rings is 18. The van der Waals surface area contributed by atoms with E-state index in [1.165, 1.54) is 259 Å². The predicted octanol–water partition coefficient (Wildman–Crippen LogP) is 16.8. The molecule has 0 unspecified atom stereocenters. The molecule has 0 radical (unpaired) electrons. The number of esters is 2. The van der Waals surface area contributed by atoms with Crippen LogP contribution in [-0.4, -0.2) is 102 Å². The Balaban J connectivity index is 0.000000645.